The number of fused-ring (bicyclic) bond motifs is 1. The van der Waals surface area contributed by atoms with E-state index in [1.807, 2.05) is 0 Å². The van der Waals surface area contributed by atoms with Gasteiger partial charge in [-0.3, -0.25) is 14.6 Å². The molecule has 2 aromatic rings. The average Bonchev–Trinajstić information content (AvgIpc) is 3.04. The number of amides is 2. The van der Waals surface area contributed by atoms with Crippen LogP contribution in [0.1, 0.15) is 44.0 Å². The molecule has 13 heteroatoms. The Kier molecular flexibility index (Phi) is 5.91. The van der Waals surface area contributed by atoms with Crippen molar-refractivity contribution in [2.75, 3.05) is 5.32 Å². The Morgan fingerprint density at radius 1 is 1.06 bits per heavy atom. The summed E-state index contributed by atoms with van der Waals surface area (Å²) >= 11 is 0.597. The number of primary amides is 1. The van der Waals surface area contributed by atoms with Crippen molar-refractivity contribution in [1.29, 1.82) is 0 Å². The number of nitrogens with one attached hydrogen (secondary N) is 2. The Bertz CT molecular complexity index is 973. The molecule has 3 rings (SSSR count). The number of hydrogen-bond acceptors (Lipinski definition) is 5. The van der Waals surface area contributed by atoms with E-state index in [1.165, 1.54) is 17.6 Å². The molecule has 4 N–H and O–H groups in total. The van der Waals surface area contributed by atoms with E-state index >= 15 is 0 Å². The standard InChI is InChI=1S/C18H16F6N4O2S/c19-17(20,21)16(18(22,23)24,27-14(30)9-4-3-7-26-8-9)28-15-12(13(25)29)10-5-1-2-6-11(10)31-15/h3-4,7-8,28H,1-2,5-6H2,(H2,25,29)(H,27,30). The number of hydrogen-bond donors (Lipinski definition) is 3. The molecular weight excluding hydrogens is 450 g/mol. The summed E-state index contributed by atoms with van der Waals surface area (Å²) in [6.45, 7) is 0. The SMILES string of the molecule is NC(=O)c1c(NC(NC(=O)c2cccnc2)(C(F)(F)F)C(F)(F)F)sc2c1CCCC2. The lowest BCUT2D eigenvalue weighted by Crippen LogP contribution is -2.72. The van der Waals surface area contributed by atoms with Crippen molar-refractivity contribution in [1.82, 2.24) is 10.3 Å². The highest BCUT2D eigenvalue weighted by Gasteiger charge is 2.73. The van der Waals surface area contributed by atoms with Crippen molar-refractivity contribution in [3.05, 3.63) is 46.1 Å². The van der Waals surface area contributed by atoms with Gasteiger partial charge in [-0.15, -0.1) is 11.3 Å². The number of carbonyl (C=O) groups excluding carboxylic acids is 2. The van der Waals surface area contributed by atoms with Gasteiger partial charge in [0.25, 0.3) is 11.8 Å². The maximum Gasteiger partial charge on any atom is 0.439 e. The maximum atomic E-state index is 13.9. The molecule has 0 spiro atoms. The van der Waals surface area contributed by atoms with Crippen LogP contribution in [0.25, 0.3) is 0 Å². The second-order valence-electron chi connectivity index (χ2n) is 6.85. The van der Waals surface area contributed by atoms with Crippen molar-refractivity contribution in [3.8, 4) is 0 Å². The number of rotatable bonds is 5. The zero-order chi connectivity index (χ0) is 23.0. The number of nitrogens with two attached hydrogens (primary N) is 1. The second kappa shape index (κ2) is 8.02. The molecule has 0 aromatic carbocycles. The van der Waals surface area contributed by atoms with Gasteiger partial charge in [-0.25, -0.2) is 0 Å². The molecule has 1 aliphatic rings. The highest BCUT2D eigenvalue weighted by molar-refractivity contribution is 7.16. The summed E-state index contributed by atoms with van der Waals surface area (Å²) < 4.78 is 83.5. The van der Waals surface area contributed by atoms with Crippen molar-refractivity contribution < 1.29 is 35.9 Å². The third-order valence-electron chi connectivity index (χ3n) is 4.79. The van der Waals surface area contributed by atoms with E-state index in [0.29, 0.717) is 47.5 Å². The number of alkyl halides is 6. The predicted molar refractivity (Wildman–Crippen MR) is 99.6 cm³/mol. The van der Waals surface area contributed by atoms with E-state index in [0.717, 1.165) is 17.6 Å². The summed E-state index contributed by atoms with van der Waals surface area (Å²) in [5, 5.41) is 1.74. The molecule has 0 fully saturated rings. The van der Waals surface area contributed by atoms with Crippen LogP contribution in [0.2, 0.25) is 0 Å². The first-order valence-electron chi connectivity index (χ1n) is 8.96. The second-order valence-corrected chi connectivity index (χ2v) is 7.95. The first-order chi connectivity index (χ1) is 14.4. The fraction of sp³-hybridized carbons (Fsp3) is 0.389. The average molecular weight is 466 g/mol. The summed E-state index contributed by atoms with van der Waals surface area (Å²) in [6.07, 6.45) is -8.03. The van der Waals surface area contributed by atoms with Crippen LogP contribution in [-0.2, 0) is 12.8 Å². The highest BCUT2D eigenvalue weighted by atomic mass is 32.1. The molecule has 0 aliphatic heterocycles. The number of thiophene rings is 1. The fourth-order valence-corrected chi connectivity index (χ4v) is 4.65. The van der Waals surface area contributed by atoms with E-state index < -0.39 is 46.0 Å². The highest BCUT2D eigenvalue weighted by Crippen LogP contribution is 2.47. The van der Waals surface area contributed by atoms with E-state index in [1.54, 1.807) is 0 Å². The van der Waals surface area contributed by atoms with E-state index in [9.17, 15) is 35.9 Å². The molecular formula is C18H16F6N4O2S. The zero-order valence-electron chi connectivity index (χ0n) is 15.7. The predicted octanol–water partition coefficient (Wildman–Crippen LogP) is 3.78. The van der Waals surface area contributed by atoms with Crippen molar-refractivity contribution in [2.45, 2.75) is 43.7 Å². The van der Waals surface area contributed by atoms with E-state index in [2.05, 4.69) is 4.98 Å². The Morgan fingerprint density at radius 3 is 2.26 bits per heavy atom. The van der Waals surface area contributed by atoms with Gasteiger partial charge in [0.05, 0.1) is 11.1 Å². The van der Waals surface area contributed by atoms with Crippen molar-refractivity contribution in [3.63, 3.8) is 0 Å². The first-order valence-corrected chi connectivity index (χ1v) is 9.77. The number of anilines is 1. The fourth-order valence-electron chi connectivity index (χ4n) is 3.30. The molecule has 0 unspecified atom stereocenters. The Balaban J connectivity index is 2.13. The molecule has 1 aliphatic carbocycles. The number of aryl methyl sites for hydroxylation is 1. The summed E-state index contributed by atoms with van der Waals surface area (Å²) in [5.41, 5.74) is -0.187. The molecule has 2 heterocycles. The zero-order valence-corrected chi connectivity index (χ0v) is 16.5. The van der Waals surface area contributed by atoms with E-state index in [4.69, 9.17) is 5.73 Å². The van der Waals surface area contributed by atoms with Crippen LogP contribution < -0.4 is 16.4 Å². The minimum absolute atomic E-state index is 0.304. The normalized spacial score (nSPS) is 14.6. The smallest absolute Gasteiger partial charge is 0.365 e. The molecule has 6 nitrogen and oxygen atoms in total. The first kappa shape index (κ1) is 22.8. The number of carbonyl (C=O) groups is 2. The summed E-state index contributed by atoms with van der Waals surface area (Å²) in [7, 11) is 0. The summed E-state index contributed by atoms with van der Waals surface area (Å²) in [4.78, 5) is 28.2. The quantitative estimate of drug-likeness (QED) is 0.462. The van der Waals surface area contributed by atoms with Crippen LogP contribution in [0, 0.1) is 0 Å². The molecule has 2 amide bonds. The van der Waals surface area contributed by atoms with Gasteiger partial charge in [0.2, 0.25) is 0 Å². The third kappa shape index (κ3) is 4.18. The van der Waals surface area contributed by atoms with Crippen LogP contribution in [0.4, 0.5) is 31.3 Å². The minimum Gasteiger partial charge on any atom is -0.365 e. The molecule has 2 aromatic heterocycles. The number of pyridine rings is 1. The molecule has 0 atom stereocenters. The van der Waals surface area contributed by atoms with Gasteiger partial charge >= 0.3 is 18.0 Å². The number of halogens is 6. The lowest BCUT2D eigenvalue weighted by molar-refractivity contribution is -0.293. The molecule has 0 radical (unpaired) electrons. The molecule has 0 saturated carbocycles. The van der Waals surface area contributed by atoms with Crippen molar-refractivity contribution in [2.24, 2.45) is 5.73 Å². The van der Waals surface area contributed by atoms with Gasteiger partial charge in [0.15, 0.2) is 0 Å². The van der Waals surface area contributed by atoms with Crippen LogP contribution in [0.3, 0.4) is 0 Å². The van der Waals surface area contributed by atoms with Gasteiger partial charge in [0, 0.05) is 17.3 Å². The monoisotopic (exact) mass is 466 g/mol. The van der Waals surface area contributed by atoms with Crippen LogP contribution in [0.5, 0.6) is 0 Å². The Labute approximate surface area is 175 Å². The van der Waals surface area contributed by atoms with Gasteiger partial charge < -0.3 is 16.4 Å². The van der Waals surface area contributed by atoms with Crippen LogP contribution in [0.15, 0.2) is 24.5 Å². The lowest BCUT2D eigenvalue weighted by atomic mass is 9.95. The van der Waals surface area contributed by atoms with Gasteiger partial charge in [-0.05, 0) is 43.4 Å². The molecule has 0 saturated heterocycles. The minimum atomic E-state index is -6.03. The topological polar surface area (TPSA) is 97.1 Å². The summed E-state index contributed by atoms with van der Waals surface area (Å²) in [5.74, 6) is -2.81. The number of nitrogens with zero attached hydrogens (tertiary/aromatic N) is 1. The lowest BCUT2D eigenvalue weighted by Gasteiger charge is -2.38. The molecule has 168 valence electrons. The Hall–Kier alpha value is -2.83. The van der Waals surface area contributed by atoms with E-state index in [-0.39, 0.29) is 0 Å². The number of aromatic nitrogens is 1. The summed E-state index contributed by atoms with van der Waals surface area (Å²) in [6, 6.07) is 2.20. The van der Waals surface area contributed by atoms with Gasteiger partial charge in [-0.2, -0.15) is 26.3 Å². The van der Waals surface area contributed by atoms with Crippen LogP contribution >= 0.6 is 11.3 Å². The third-order valence-corrected chi connectivity index (χ3v) is 6.00. The van der Waals surface area contributed by atoms with Crippen LogP contribution in [-0.4, -0.2) is 34.8 Å². The largest absolute Gasteiger partial charge is 0.439 e. The van der Waals surface area contributed by atoms with Gasteiger partial charge in [0.1, 0.15) is 5.00 Å². The van der Waals surface area contributed by atoms with Gasteiger partial charge in [-0.1, -0.05) is 0 Å². The van der Waals surface area contributed by atoms with Crippen molar-refractivity contribution >= 4 is 28.2 Å². The Morgan fingerprint density at radius 2 is 1.71 bits per heavy atom. The maximum absolute atomic E-state index is 13.9. The molecule has 0 bridgehead atoms. The molecule has 31 heavy (non-hydrogen) atoms.